The molecule has 1 aliphatic carbocycles. The highest BCUT2D eigenvalue weighted by atomic mass is 35.5. The molecule has 0 bridgehead atoms. The summed E-state index contributed by atoms with van der Waals surface area (Å²) in [5, 5.41) is 0.146. The smallest absolute Gasteiger partial charge is 0.337 e. The van der Waals surface area contributed by atoms with Gasteiger partial charge in [-0.15, -0.1) is 0 Å². The van der Waals surface area contributed by atoms with Gasteiger partial charge in [-0.3, -0.25) is 9.59 Å². The van der Waals surface area contributed by atoms with E-state index in [4.69, 9.17) is 35.3 Å². The van der Waals surface area contributed by atoms with Crippen molar-refractivity contribution in [2.24, 2.45) is 5.92 Å². The van der Waals surface area contributed by atoms with E-state index in [-0.39, 0.29) is 52.3 Å². The second-order valence-electron chi connectivity index (χ2n) is 8.73. The van der Waals surface area contributed by atoms with Crippen LogP contribution >= 0.6 is 11.6 Å². The Morgan fingerprint density at radius 2 is 1.74 bits per heavy atom. The monoisotopic (exact) mass is 498 g/mol. The Bertz CT molecular complexity index is 1300. The zero-order valence-corrected chi connectivity index (χ0v) is 20.4. The average Bonchev–Trinajstić information content (AvgIpc) is 3.45. The summed E-state index contributed by atoms with van der Waals surface area (Å²) in [7, 11) is 4.21. The number of rotatable bonds is 4. The van der Waals surface area contributed by atoms with E-state index in [0.717, 1.165) is 5.56 Å². The number of hydrogen-bond acceptors (Lipinski definition) is 8. The van der Waals surface area contributed by atoms with Crippen molar-refractivity contribution in [2.45, 2.75) is 31.5 Å². The fraction of sp³-hybridized carbons (Fsp3) is 0.346. The number of benzene rings is 2. The van der Waals surface area contributed by atoms with Crippen LogP contribution in [0.3, 0.4) is 0 Å². The Labute approximate surface area is 206 Å². The number of ketones is 2. The predicted molar refractivity (Wildman–Crippen MR) is 124 cm³/mol. The quantitative estimate of drug-likeness (QED) is 0.569. The van der Waals surface area contributed by atoms with E-state index in [1.807, 2.05) is 0 Å². The van der Waals surface area contributed by atoms with Crippen LogP contribution in [0.5, 0.6) is 17.2 Å². The van der Waals surface area contributed by atoms with Crippen LogP contribution < -0.4 is 14.2 Å². The summed E-state index contributed by atoms with van der Waals surface area (Å²) >= 11 is 6.53. The van der Waals surface area contributed by atoms with Gasteiger partial charge in [-0.1, -0.05) is 30.7 Å². The number of methoxy groups -OCH3 is 3. The summed E-state index contributed by atoms with van der Waals surface area (Å²) in [5.41, 5.74) is 0.223. The molecule has 2 aromatic carbocycles. The van der Waals surface area contributed by atoms with Crippen molar-refractivity contribution in [3.63, 3.8) is 0 Å². The highest BCUT2D eigenvalue weighted by Crippen LogP contribution is 2.58. The van der Waals surface area contributed by atoms with E-state index in [2.05, 4.69) is 0 Å². The predicted octanol–water partition coefficient (Wildman–Crippen LogP) is 4.48. The number of halogens is 1. The van der Waals surface area contributed by atoms with E-state index in [1.54, 1.807) is 31.2 Å². The highest BCUT2D eigenvalue weighted by molar-refractivity contribution is 6.35. The minimum Gasteiger partial charge on any atom is -0.496 e. The van der Waals surface area contributed by atoms with Gasteiger partial charge < -0.3 is 23.7 Å². The van der Waals surface area contributed by atoms with E-state index >= 15 is 0 Å². The molecule has 0 saturated heterocycles. The zero-order chi connectivity index (χ0) is 25.1. The highest BCUT2D eigenvalue weighted by Gasteiger charge is 2.63. The normalized spacial score (nSPS) is 24.6. The molecule has 3 atom stereocenters. The molecule has 0 radical (unpaired) electrons. The van der Waals surface area contributed by atoms with Crippen molar-refractivity contribution < 1.29 is 38.1 Å². The van der Waals surface area contributed by atoms with E-state index in [0.29, 0.717) is 16.9 Å². The first-order valence-corrected chi connectivity index (χ1v) is 11.4. The fourth-order valence-corrected chi connectivity index (χ4v) is 5.33. The zero-order valence-electron chi connectivity index (χ0n) is 19.6. The molecule has 0 amide bonds. The van der Waals surface area contributed by atoms with Crippen LogP contribution in [0, 0.1) is 5.92 Å². The van der Waals surface area contributed by atoms with Crippen molar-refractivity contribution in [3.05, 3.63) is 63.4 Å². The van der Waals surface area contributed by atoms with Gasteiger partial charge in [-0.2, -0.15) is 0 Å². The largest absolute Gasteiger partial charge is 0.496 e. The van der Waals surface area contributed by atoms with Crippen LogP contribution in [0.25, 0.3) is 0 Å². The van der Waals surface area contributed by atoms with Crippen LogP contribution in [-0.4, -0.2) is 44.5 Å². The standard InChI is InChI=1S/C26H23ClO8/c1-12-9-16(28)15-10-17(13-5-7-14(8-6-13)25(30)33-4)34-24(15)26(12)23(29)20-18(31-2)11-19(32-3)21(27)22(20)35-26/h5-8,11-12,17H,9-10H2,1-4H3/t12-,17+,26-/m1/s1. The van der Waals surface area contributed by atoms with Crippen LogP contribution in [0.1, 0.15) is 52.1 Å². The van der Waals surface area contributed by atoms with Gasteiger partial charge in [0.05, 0.1) is 26.9 Å². The topological polar surface area (TPSA) is 97.4 Å². The van der Waals surface area contributed by atoms with Crippen molar-refractivity contribution in [1.29, 1.82) is 0 Å². The molecule has 2 heterocycles. The molecular formula is C26H23ClO8. The van der Waals surface area contributed by atoms with Gasteiger partial charge in [0.2, 0.25) is 11.4 Å². The second-order valence-corrected chi connectivity index (χ2v) is 9.10. The summed E-state index contributed by atoms with van der Waals surface area (Å²) in [6.07, 6.45) is -0.126. The summed E-state index contributed by atoms with van der Waals surface area (Å²) < 4.78 is 28.2. The van der Waals surface area contributed by atoms with Crippen LogP contribution in [0.2, 0.25) is 5.02 Å². The van der Waals surface area contributed by atoms with Gasteiger partial charge in [0.1, 0.15) is 28.2 Å². The Morgan fingerprint density at radius 1 is 1.06 bits per heavy atom. The Morgan fingerprint density at radius 3 is 2.37 bits per heavy atom. The molecule has 0 saturated carbocycles. The van der Waals surface area contributed by atoms with Crippen LogP contribution in [0.4, 0.5) is 0 Å². The van der Waals surface area contributed by atoms with Gasteiger partial charge in [0.15, 0.2) is 17.3 Å². The summed E-state index contributed by atoms with van der Waals surface area (Å²) in [6.45, 7) is 1.78. The summed E-state index contributed by atoms with van der Waals surface area (Å²) in [5.74, 6) is -0.497. The van der Waals surface area contributed by atoms with Crippen molar-refractivity contribution in [1.82, 2.24) is 0 Å². The summed E-state index contributed by atoms with van der Waals surface area (Å²) in [6, 6.07) is 8.29. The third-order valence-corrected chi connectivity index (χ3v) is 7.26. The number of hydrogen-bond donors (Lipinski definition) is 0. The first kappa shape index (κ1) is 23.2. The van der Waals surface area contributed by atoms with Crippen molar-refractivity contribution in [3.8, 4) is 17.2 Å². The number of carbonyl (C=O) groups excluding carboxylic acids is 3. The molecule has 9 heteroatoms. The van der Waals surface area contributed by atoms with Crippen LogP contribution in [0.15, 0.2) is 41.7 Å². The SMILES string of the molecule is COC(=O)c1ccc([C@@H]2CC3=C(O2)[C@@]2(Oc4c(Cl)c(OC)cc(OC)c4C2=O)[C@H](C)CC3=O)cc1. The number of fused-ring (bicyclic) bond motifs is 2. The lowest BCUT2D eigenvalue weighted by molar-refractivity contribution is -0.119. The Kier molecular flexibility index (Phi) is 5.51. The fourth-order valence-electron chi connectivity index (χ4n) is 5.07. The second kappa shape index (κ2) is 8.30. The van der Waals surface area contributed by atoms with Crippen molar-refractivity contribution in [2.75, 3.05) is 21.3 Å². The lowest BCUT2D eigenvalue weighted by Crippen LogP contribution is -2.52. The van der Waals surface area contributed by atoms with Crippen LogP contribution in [-0.2, 0) is 14.3 Å². The maximum Gasteiger partial charge on any atom is 0.337 e. The number of Topliss-reactive ketones (excluding diaryl/α,β-unsaturated/α-hetero) is 2. The van der Waals surface area contributed by atoms with Gasteiger partial charge in [-0.05, 0) is 17.7 Å². The van der Waals surface area contributed by atoms with Gasteiger partial charge in [0.25, 0.3) is 0 Å². The molecule has 5 rings (SSSR count). The molecule has 0 N–H and O–H groups in total. The number of carbonyl (C=O) groups is 3. The van der Waals surface area contributed by atoms with Gasteiger partial charge in [0, 0.05) is 30.4 Å². The molecule has 8 nitrogen and oxygen atoms in total. The number of esters is 1. The molecule has 2 aliphatic heterocycles. The molecule has 3 aliphatic rings. The minimum atomic E-state index is -1.55. The van der Waals surface area contributed by atoms with E-state index < -0.39 is 23.6 Å². The lowest BCUT2D eigenvalue weighted by Gasteiger charge is -2.37. The maximum atomic E-state index is 14.0. The van der Waals surface area contributed by atoms with Gasteiger partial charge in [-0.25, -0.2) is 4.79 Å². The molecule has 1 spiro atoms. The third kappa shape index (κ3) is 3.23. The first-order valence-electron chi connectivity index (χ1n) is 11.1. The van der Waals surface area contributed by atoms with E-state index in [9.17, 15) is 14.4 Å². The molecule has 0 unspecified atom stereocenters. The van der Waals surface area contributed by atoms with Crippen molar-refractivity contribution >= 4 is 29.1 Å². The lowest BCUT2D eigenvalue weighted by atomic mass is 9.73. The number of ether oxygens (including phenoxy) is 5. The minimum absolute atomic E-state index is 0.0881. The summed E-state index contributed by atoms with van der Waals surface area (Å²) in [4.78, 5) is 38.8. The molecule has 0 aromatic heterocycles. The molecule has 0 fully saturated rings. The Balaban J connectivity index is 1.56. The Hall–Kier alpha value is -3.52. The molecule has 35 heavy (non-hydrogen) atoms. The third-order valence-electron chi connectivity index (χ3n) is 6.91. The first-order chi connectivity index (χ1) is 16.8. The van der Waals surface area contributed by atoms with Gasteiger partial charge >= 0.3 is 5.97 Å². The molecule has 182 valence electrons. The maximum absolute atomic E-state index is 14.0. The van der Waals surface area contributed by atoms with E-state index in [1.165, 1.54) is 27.4 Å². The molecule has 2 aromatic rings. The average molecular weight is 499 g/mol. The molecular weight excluding hydrogens is 476 g/mol.